The predicted molar refractivity (Wildman–Crippen MR) is 87.8 cm³/mol. The summed E-state index contributed by atoms with van der Waals surface area (Å²) in [5.41, 5.74) is 2.33. The number of hydrogen-bond donors (Lipinski definition) is 2. The second-order valence-electron chi connectivity index (χ2n) is 5.01. The zero-order valence-corrected chi connectivity index (χ0v) is 13.3. The molecule has 1 fully saturated rings. The average Bonchev–Trinajstić information content (AvgIpc) is 2.91. The van der Waals surface area contributed by atoms with Gasteiger partial charge < -0.3 is 10.6 Å². The molecule has 0 bridgehead atoms. The maximum absolute atomic E-state index is 12.2. The van der Waals surface area contributed by atoms with E-state index in [2.05, 4.69) is 31.2 Å². The Labute approximate surface area is 133 Å². The molecule has 0 aliphatic carbocycles. The van der Waals surface area contributed by atoms with Gasteiger partial charge in [0.05, 0.1) is 23.6 Å². The van der Waals surface area contributed by atoms with Crippen LogP contribution in [0, 0.1) is 0 Å². The van der Waals surface area contributed by atoms with E-state index in [9.17, 15) is 4.79 Å². The molecule has 0 spiro atoms. The Kier molecular flexibility index (Phi) is 5.46. The third kappa shape index (κ3) is 3.68. The van der Waals surface area contributed by atoms with Crippen LogP contribution in [0.4, 0.5) is 17.1 Å². The van der Waals surface area contributed by atoms with Crippen molar-refractivity contribution < 1.29 is 4.79 Å². The molecule has 2 heterocycles. The minimum atomic E-state index is -0.000694. The quantitative estimate of drug-likeness (QED) is 0.906. The van der Waals surface area contributed by atoms with Crippen LogP contribution < -0.4 is 10.6 Å². The Morgan fingerprint density at radius 1 is 1.52 bits per heavy atom. The van der Waals surface area contributed by atoms with Crippen LogP contribution in [0.15, 0.2) is 26.9 Å². The van der Waals surface area contributed by atoms with Gasteiger partial charge >= 0.3 is 0 Å². The molecule has 6 nitrogen and oxygen atoms in total. The number of anilines is 1. The van der Waals surface area contributed by atoms with Gasteiger partial charge in [-0.25, -0.2) is 0 Å². The van der Waals surface area contributed by atoms with Crippen molar-refractivity contribution in [2.75, 3.05) is 31.5 Å². The lowest BCUT2D eigenvalue weighted by molar-refractivity contribution is -0.118. The molecule has 0 unspecified atom stereocenters. The van der Waals surface area contributed by atoms with Gasteiger partial charge in [0.1, 0.15) is 11.4 Å². The molecule has 114 valence electrons. The van der Waals surface area contributed by atoms with Gasteiger partial charge in [-0.1, -0.05) is 6.07 Å². The van der Waals surface area contributed by atoms with Crippen molar-refractivity contribution >= 4 is 46.7 Å². The lowest BCUT2D eigenvalue weighted by atomic mass is 10.2. The fraction of sp³-hybridized carbons (Fsp3) is 0.462. The molecule has 8 heteroatoms. The van der Waals surface area contributed by atoms with Crippen molar-refractivity contribution in [3.63, 3.8) is 0 Å². The van der Waals surface area contributed by atoms with E-state index in [0.717, 1.165) is 48.1 Å². The molecule has 2 N–H and O–H groups in total. The second kappa shape index (κ2) is 7.13. The Hall–Kier alpha value is -1.28. The van der Waals surface area contributed by atoms with Crippen molar-refractivity contribution in [2.45, 2.75) is 13.0 Å². The maximum atomic E-state index is 12.2. The van der Waals surface area contributed by atoms with E-state index in [1.807, 2.05) is 18.2 Å². The molecule has 1 aromatic rings. The summed E-state index contributed by atoms with van der Waals surface area (Å²) in [5.74, 6) is -0.000694. The first-order valence-corrected chi connectivity index (χ1v) is 7.43. The van der Waals surface area contributed by atoms with Gasteiger partial charge in [0, 0.05) is 25.7 Å². The van der Waals surface area contributed by atoms with Gasteiger partial charge in [-0.15, -0.1) is 12.4 Å². The van der Waals surface area contributed by atoms with Gasteiger partial charge in [0.2, 0.25) is 5.91 Å². The van der Waals surface area contributed by atoms with Gasteiger partial charge in [-0.2, -0.15) is 8.73 Å². The molecule has 0 radical (unpaired) electrons. The van der Waals surface area contributed by atoms with E-state index in [0.29, 0.717) is 12.6 Å². The number of piperazine rings is 1. The third-order valence-electron chi connectivity index (χ3n) is 3.55. The Morgan fingerprint density at radius 2 is 2.38 bits per heavy atom. The molecule has 1 aromatic carbocycles. The molecular formula is C13H18ClN5OS. The van der Waals surface area contributed by atoms with E-state index in [4.69, 9.17) is 0 Å². The van der Waals surface area contributed by atoms with Crippen LogP contribution in [0.1, 0.15) is 6.92 Å². The molecule has 1 atom stereocenters. The van der Waals surface area contributed by atoms with Gasteiger partial charge in [0.25, 0.3) is 0 Å². The highest BCUT2D eigenvalue weighted by molar-refractivity contribution is 7.58. The van der Waals surface area contributed by atoms with Crippen LogP contribution in [-0.4, -0.2) is 43.0 Å². The first-order valence-electron chi connectivity index (χ1n) is 6.70. The number of carbonyl (C=O) groups excluding carboxylic acids is 1. The summed E-state index contributed by atoms with van der Waals surface area (Å²) in [4.78, 5) is 14.4. The largest absolute Gasteiger partial charge is 0.323 e. The number of hydrogen-bond acceptors (Lipinski definition) is 5. The third-order valence-corrected chi connectivity index (χ3v) is 4.09. The highest BCUT2D eigenvalue weighted by Crippen LogP contribution is 2.38. The second-order valence-corrected chi connectivity index (χ2v) is 5.54. The van der Waals surface area contributed by atoms with E-state index in [1.54, 1.807) is 0 Å². The number of nitrogens with one attached hydrogen (secondary N) is 2. The van der Waals surface area contributed by atoms with Gasteiger partial charge in [0.15, 0.2) is 0 Å². The fourth-order valence-electron chi connectivity index (χ4n) is 2.40. The lowest BCUT2D eigenvalue weighted by Gasteiger charge is -2.33. The summed E-state index contributed by atoms with van der Waals surface area (Å²) in [6, 6.07) is 6.02. The standard InChI is InChI=1S/C13H17N5OS.ClH/c1-9-7-14-5-6-18(9)8-12(19)15-10-3-2-4-11-13(10)17-20-16-11;/h2-4,9,14H,5-8H2,1H3,(H,15,19);1H/t9-;/m1./s1. The zero-order valence-electron chi connectivity index (χ0n) is 11.7. The van der Waals surface area contributed by atoms with Crippen LogP contribution >= 0.6 is 12.4 Å². The number of fused-ring (bicyclic) bond motifs is 1. The van der Waals surface area contributed by atoms with E-state index in [1.165, 1.54) is 0 Å². The summed E-state index contributed by atoms with van der Waals surface area (Å²) in [5, 5.41) is 6.26. The molecule has 3 rings (SSSR count). The highest BCUT2D eigenvalue weighted by Gasteiger charge is 2.21. The minimum absolute atomic E-state index is 0. The van der Waals surface area contributed by atoms with E-state index in [-0.39, 0.29) is 18.3 Å². The van der Waals surface area contributed by atoms with Crippen molar-refractivity contribution in [3.8, 4) is 0 Å². The molecule has 1 saturated heterocycles. The molecule has 2 aliphatic rings. The number of halogens is 1. The van der Waals surface area contributed by atoms with Crippen molar-refractivity contribution in [3.05, 3.63) is 18.2 Å². The average molecular weight is 328 g/mol. The SMILES string of the molecule is C[C@@H]1CNCCN1CC(=O)Nc1cccc2c1N=S=N2.Cl. The first kappa shape index (κ1) is 16.1. The summed E-state index contributed by atoms with van der Waals surface area (Å²) >= 11 is 1.16. The van der Waals surface area contributed by atoms with Crippen molar-refractivity contribution in [1.82, 2.24) is 10.2 Å². The maximum Gasteiger partial charge on any atom is 0.238 e. The first-order chi connectivity index (χ1) is 9.74. The monoisotopic (exact) mass is 327 g/mol. The van der Waals surface area contributed by atoms with Crippen molar-refractivity contribution in [2.24, 2.45) is 8.73 Å². The number of amides is 1. The van der Waals surface area contributed by atoms with Crippen LogP contribution in [0.2, 0.25) is 0 Å². The lowest BCUT2D eigenvalue weighted by Crippen LogP contribution is -2.51. The number of rotatable bonds is 3. The smallest absolute Gasteiger partial charge is 0.238 e. The Bertz CT molecular complexity index is 602. The van der Waals surface area contributed by atoms with Crippen molar-refractivity contribution in [1.29, 1.82) is 0 Å². The molecule has 21 heavy (non-hydrogen) atoms. The highest BCUT2D eigenvalue weighted by atomic mass is 35.5. The van der Waals surface area contributed by atoms with Crippen LogP contribution in [0.3, 0.4) is 0 Å². The van der Waals surface area contributed by atoms with E-state index >= 15 is 0 Å². The minimum Gasteiger partial charge on any atom is -0.323 e. The number of nitrogens with zero attached hydrogens (tertiary/aromatic N) is 3. The van der Waals surface area contributed by atoms with Gasteiger partial charge in [-0.3, -0.25) is 9.69 Å². The number of benzene rings is 1. The normalized spacial score (nSPS) is 20.3. The molecular weight excluding hydrogens is 310 g/mol. The predicted octanol–water partition coefficient (Wildman–Crippen LogP) is 2.07. The summed E-state index contributed by atoms with van der Waals surface area (Å²) in [7, 11) is 0. The summed E-state index contributed by atoms with van der Waals surface area (Å²) < 4.78 is 8.40. The van der Waals surface area contributed by atoms with E-state index < -0.39 is 0 Å². The summed E-state index contributed by atoms with van der Waals surface area (Å²) in [6.45, 7) is 5.31. The Morgan fingerprint density at radius 3 is 3.19 bits per heavy atom. The topological polar surface area (TPSA) is 69.1 Å². The number of carbonyl (C=O) groups is 1. The molecule has 0 aromatic heterocycles. The fourth-order valence-corrected chi connectivity index (χ4v) is 2.95. The van der Waals surface area contributed by atoms with Crippen LogP contribution in [-0.2, 0) is 16.1 Å². The zero-order chi connectivity index (χ0) is 13.9. The Balaban J connectivity index is 0.00000161. The van der Waals surface area contributed by atoms with Gasteiger partial charge in [-0.05, 0) is 19.1 Å². The van der Waals surface area contributed by atoms with Crippen LogP contribution in [0.25, 0.3) is 0 Å². The molecule has 2 aliphatic heterocycles. The molecule has 1 amide bonds. The molecule has 0 saturated carbocycles. The van der Waals surface area contributed by atoms with Crippen LogP contribution in [0.5, 0.6) is 0 Å². The summed E-state index contributed by atoms with van der Waals surface area (Å²) in [6.07, 6.45) is 0.